The average molecular weight is 198 g/mol. The lowest BCUT2D eigenvalue weighted by molar-refractivity contribution is 0.0697. The summed E-state index contributed by atoms with van der Waals surface area (Å²) in [5, 5.41) is 18.8. The zero-order valence-electron chi connectivity index (χ0n) is 6.28. The highest BCUT2D eigenvalue weighted by Gasteiger charge is 2.11. The van der Waals surface area contributed by atoms with Gasteiger partial charge in [0.15, 0.2) is 0 Å². The minimum absolute atomic E-state index is 0.0306. The van der Waals surface area contributed by atoms with Gasteiger partial charge in [-0.05, 0) is 12.1 Å². The molecule has 0 aliphatic rings. The minimum Gasteiger partial charge on any atom is -0.478 e. The van der Waals surface area contributed by atoms with Crippen molar-refractivity contribution in [3.8, 4) is 0 Å². The lowest BCUT2D eigenvalue weighted by atomic mass is 10.2. The van der Waals surface area contributed by atoms with Crippen molar-refractivity contribution >= 4 is 28.6 Å². The van der Waals surface area contributed by atoms with E-state index in [0.717, 1.165) is 0 Å². The van der Waals surface area contributed by atoms with Crippen LogP contribution in [0.15, 0.2) is 12.1 Å². The van der Waals surface area contributed by atoms with Crippen molar-refractivity contribution in [2.45, 2.75) is 0 Å². The van der Waals surface area contributed by atoms with E-state index in [1.54, 1.807) is 0 Å². The van der Waals surface area contributed by atoms with Gasteiger partial charge in [-0.15, -0.1) is 0 Å². The van der Waals surface area contributed by atoms with E-state index < -0.39 is 5.97 Å². The van der Waals surface area contributed by atoms with Crippen molar-refractivity contribution in [3.63, 3.8) is 0 Å². The third-order valence-electron chi connectivity index (χ3n) is 1.64. The summed E-state index contributed by atoms with van der Waals surface area (Å²) < 4.78 is 0. The van der Waals surface area contributed by atoms with Gasteiger partial charge in [-0.25, -0.2) is 4.79 Å². The highest BCUT2D eigenvalue weighted by atomic mass is 35.5. The fourth-order valence-electron chi connectivity index (χ4n) is 1.03. The number of H-pyrrole nitrogens is 1. The summed E-state index contributed by atoms with van der Waals surface area (Å²) in [4.78, 5) is 10.6. The summed E-state index contributed by atoms with van der Waals surface area (Å²) in [6.45, 7) is 0. The molecule has 6 heteroatoms. The zero-order valence-corrected chi connectivity index (χ0v) is 7.04. The number of rotatable bonds is 1. The molecule has 0 aliphatic carbocycles. The molecule has 0 saturated carbocycles. The van der Waals surface area contributed by atoms with Gasteiger partial charge in [0.1, 0.15) is 11.0 Å². The van der Waals surface area contributed by atoms with Crippen LogP contribution in [0.2, 0.25) is 5.02 Å². The van der Waals surface area contributed by atoms with E-state index in [2.05, 4.69) is 15.4 Å². The molecule has 5 nitrogen and oxygen atoms in total. The van der Waals surface area contributed by atoms with Crippen LogP contribution in [0.3, 0.4) is 0 Å². The summed E-state index contributed by atoms with van der Waals surface area (Å²) in [6.07, 6.45) is 0. The van der Waals surface area contributed by atoms with Gasteiger partial charge in [-0.3, -0.25) is 0 Å². The maximum atomic E-state index is 10.6. The number of carboxylic acids is 1. The molecule has 0 saturated heterocycles. The summed E-state index contributed by atoms with van der Waals surface area (Å²) >= 11 is 5.69. The van der Waals surface area contributed by atoms with Gasteiger partial charge in [-0.2, -0.15) is 15.4 Å². The highest BCUT2D eigenvalue weighted by Crippen LogP contribution is 2.20. The summed E-state index contributed by atoms with van der Waals surface area (Å²) in [6, 6.07) is 2.84. The molecule has 0 radical (unpaired) electrons. The Hall–Kier alpha value is -1.62. The Balaban J connectivity index is 2.76. The third kappa shape index (κ3) is 1.23. The van der Waals surface area contributed by atoms with Crippen LogP contribution in [0.1, 0.15) is 10.4 Å². The quantitative estimate of drug-likeness (QED) is 0.723. The van der Waals surface area contributed by atoms with E-state index in [1.165, 1.54) is 12.1 Å². The molecule has 0 spiro atoms. The first kappa shape index (κ1) is 8.00. The van der Waals surface area contributed by atoms with Crippen molar-refractivity contribution < 1.29 is 9.90 Å². The minimum atomic E-state index is -1.07. The monoisotopic (exact) mass is 197 g/mol. The van der Waals surface area contributed by atoms with E-state index in [4.69, 9.17) is 16.7 Å². The standard InChI is InChI=1S/C7H4ClN3O2/c8-4-2-6-5(9-11-10-6)1-3(4)7(12)13/h1-2H,(H,12,13)(H,9,10,11). The van der Waals surface area contributed by atoms with E-state index in [1.807, 2.05) is 0 Å². The van der Waals surface area contributed by atoms with E-state index in [9.17, 15) is 4.79 Å². The highest BCUT2D eigenvalue weighted by molar-refractivity contribution is 6.34. The van der Waals surface area contributed by atoms with Gasteiger partial charge in [0.2, 0.25) is 0 Å². The number of fused-ring (bicyclic) bond motifs is 1. The Kier molecular flexibility index (Phi) is 1.66. The first-order valence-corrected chi connectivity index (χ1v) is 3.79. The summed E-state index contributed by atoms with van der Waals surface area (Å²) in [7, 11) is 0. The number of nitrogens with one attached hydrogen (secondary N) is 1. The molecule has 0 amide bonds. The second kappa shape index (κ2) is 2.70. The van der Waals surface area contributed by atoms with E-state index in [0.29, 0.717) is 11.0 Å². The summed E-state index contributed by atoms with van der Waals surface area (Å²) in [5.41, 5.74) is 1.07. The van der Waals surface area contributed by atoms with E-state index in [-0.39, 0.29) is 10.6 Å². The second-order valence-corrected chi connectivity index (χ2v) is 2.86. The molecule has 1 heterocycles. The Labute approximate surface area is 77.3 Å². The molecule has 0 aliphatic heterocycles. The normalized spacial score (nSPS) is 10.5. The molecule has 0 unspecified atom stereocenters. The van der Waals surface area contributed by atoms with Gasteiger partial charge in [0, 0.05) is 0 Å². The Bertz CT molecular complexity index is 480. The van der Waals surface area contributed by atoms with Gasteiger partial charge in [-0.1, -0.05) is 11.6 Å². The fourth-order valence-corrected chi connectivity index (χ4v) is 1.27. The largest absolute Gasteiger partial charge is 0.478 e. The van der Waals surface area contributed by atoms with Crippen molar-refractivity contribution in [2.24, 2.45) is 0 Å². The molecular weight excluding hydrogens is 194 g/mol. The van der Waals surface area contributed by atoms with Crippen molar-refractivity contribution in [2.75, 3.05) is 0 Å². The van der Waals surface area contributed by atoms with E-state index >= 15 is 0 Å². The molecule has 2 rings (SSSR count). The van der Waals surface area contributed by atoms with Crippen LogP contribution in [0.5, 0.6) is 0 Å². The maximum absolute atomic E-state index is 10.6. The number of aromatic amines is 1. The van der Waals surface area contributed by atoms with Crippen LogP contribution >= 0.6 is 11.6 Å². The Morgan fingerprint density at radius 2 is 2.00 bits per heavy atom. The third-order valence-corrected chi connectivity index (χ3v) is 1.95. The van der Waals surface area contributed by atoms with Crippen molar-refractivity contribution in [1.82, 2.24) is 15.4 Å². The lowest BCUT2D eigenvalue weighted by Gasteiger charge is -1.96. The molecule has 1 aromatic carbocycles. The predicted octanol–water partition coefficient (Wildman–Crippen LogP) is 1.31. The number of hydrogen-bond donors (Lipinski definition) is 2. The predicted molar refractivity (Wildman–Crippen MR) is 45.9 cm³/mol. The average Bonchev–Trinajstić information content (AvgIpc) is 2.48. The van der Waals surface area contributed by atoms with Crippen LogP contribution in [-0.4, -0.2) is 26.5 Å². The van der Waals surface area contributed by atoms with Gasteiger partial charge < -0.3 is 5.11 Å². The van der Waals surface area contributed by atoms with Crippen LogP contribution in [-0.2, 0) is 0 Å². The number of aromatic carboxylic acids is 1. The van der Waals surface area contributed by atoms with Gasteiger partial charge in [0.05, 0.1) is 10.6 Å². The maximum Gasteiger partial charge on any atom is 0.337 e. The second-order valence-electron chi connectivity index (χ2n) is 2.45. The van der Waals surface area contributed by atoms with Gasteiger partial charge in [0.25, 0.3) is 0 Å². The number of carboxylic acid groups (broad SMARTS) is 1. The molecule has 66 valence electrons. The molecule has 0 fully saturated rings. The number of benzene rings is 1. The molecule has 2 N–H and O–H groups in total. The Morgan fingerprint density at radius 3 is 2.62 bits per heavy atom. The van der Waals surface area contributed by atoms with Crippen LogP contribution in [0.4, 0.5) is 0 Å². The van der Waals surface area contributed by atoms with Crippen LogP contribution < -0.4 is 0 Å². The number of aromatic nitrogens is 3. The molecule has 0 atom stereocenters. The zero-order chi connectivity index (χ0) is 9.42. The fraction of sp³-hybridized carbons (Fsp3) is 0. The SMILES string of the molecule is O=C(O)c1cc2n[nH]nc2cc1Cl. The van der Waals surface area contributed by atoms with Crippen molar-refractivity contribution in [3.05, 3.63) is 22.7 Å². The van der Waals surface area contributed by atoms with Crippen LogP contribution in [0.25, 0.3) is 11.0 Å². The first-order chi connectivity index (χ1) is 6.18. The number of halogens is 1. The first-order valence-electron chi connectivity index (χ1n) is 3.42. The topological polar surface area (TPSA) is 78.9 Å². The molecular formula is C7H4ClN3O2. The van der Waals surface area contributed by atoms with Crippen LogP contribution in [0, 0.1) is 0 Å². The lowest BCUT2D eigenvalue weighted by Crippen LogP contribution is -1.96. The molecule has 1 aromatic heterocycles. The number of hydrogen-bond acceptors (Lipinski definition) is 3. The van der Waals surface area contributed by atoms with Gasteiger partial charge >= 0.3 is 5.97 Å². The molecule has 13 heavy (non-hydrogen) atoms. The Morgan fingerprint density at radius 1 is 1.38 bits per heavy atom. The number of nitrogens with zero attached hydrogens (tertiary/aromatic N) is 2. The smallest absolute Gasteiger partial charge is 0.337 e. The summed E-state index contributed by atoms with van der Waals surface area (Å²) in [5.74, 6) is -1.07. The van der Waals surface area contributed by atoms with Crippen molar-refractivity contribution in [1.29, 1.82) is 0 Å². The molecule has 2 aromatic rings. The molecule has 0 bridgehead atoms. The number of carbonyl (C=O) groups is 1.